The van der Waals surface area contributed by atoms with Crippen molar-refractivity contribution in [1.82, 2.24) is 20.2 Å². The SMILES string of the molecule is Cc1cc(-c2nnc(-c3ccc(NS(=O)(=O)CCO)cc3N3CCC4(CC3)CC4)o2)nc(N2CC(O)C2)n1. The molecule has 38 heavy (non-hydrogen) atoms. The molecule has 3 aromatic rings. The first-order valence-corrected chi connectivity index (χ1v) is 14.5. The van der Waals surface area contributed by atoms with Crippen LogP contribution in [0.2, 0.25) is 0 Å². The van der Waals surface area contributed by atoms with Crippen molar-refractivity contribution in [1.29, 1.82) is 0 Å². The van der Waals surface area contributed by atoms with Crippen LogP contribution in [0.3, 0.4) is 0 Å². The molecule has 1 aromatic carbocycles. The zero-order chi connectivity index (χ0) is 26.5. The Labute approximate surface area is 220 Å². The van der Waals surface area contributed by atoms with Crippen molar-refractivity contribution in [2.75, 3.05) is 53.1 Å². The summed E-state index contributed by atoms with van der Waals surface area (Å²) in [6.07, 6.45) is 4.36. The highest BCUT2D eigenvalue weighted by molar-refractivity contribution is 7.92. The van der Waals surface area contributed by atoms with Gasteiger partial charge < -0.3 is 24.4 Å². The minimum Gasteiger partial charge on any atom is -0.415 e. The molecule has 0 atom stereocenters. The number of aliphatic hydroxyl groups is 2. The zero-order valence-corrected chi connectivity index (χ0v) is 22.0. The molecule has 1 spiro atoms. The number of anilines is 3. The number of nitrogens with zero attached hydrogens (tertiary/aromatic N) is 6. The predicted octanol–water partition coefficient (Wildman–Crippen LogP) is 1.80. The van der Waals surface area contributed by atoms with E-state index in [0.717, 1.165) is 37.3 Å². The van der Waals surface area contributed by atoms with Crippen molar-refractivity contribution in [3.8, 4) is 23.0 Å². The van der Waals surface area contributed by atoms with Crippen LogP contribution in [0.15, 0.2) is 28.7 Å². The number of nitrogens with one attached hydrogen (secondary N) is 1. The van der Waals surface area contributed by atoms with Crippen molar-refractivity contribution in [3.05, 3.63) is 30.0 Å². The lowest BCUT2D eigenvalue weighted by molar-refractivity contribution is 0.140. The lowest BCUT2D eigenvalue weighted by atomic mass is 9.93. The molecule has 2 aromatic heterocycles. The van der Waals surface area contributed by atoms with Gasteiger partial charge in [0, 0.05) is 31.9 Å². The smallest absolute Gasteiger partial charge is 0.266 e. The van der Waals surface area contributed by atoms with Crippen LogP contribution in [-0.2, 0) is 10.0 Å². The Morgan fingerprint density at radius 2 is 1.79 bits per heavy atom. The predicted molar refractivity (Wildman–Crippen MR) is 141 cm³/mol. The summed E-state index contributed by atoms with van der Waals surface area (Å²) >= 11 is 0. The van der Waals surface area contributed by atoms with Gasteiger partial charge in [-0.25, -0.2) is 18.4 Å². The van der Waals surface area contributed by atoms with Crippen LogP contribution >= 0.6 is 0 Å². The summed E-state index contributed by atoms with van der Waals surface area (Å²) in [7, 11) is -3.67. The monoisotopic (exact) mass is 541 g/mol. The number of hydrogen-bond donors (Lipinski definition) is 3. The van der Waals surface area contributed by atoms with Gasteiger partial charge in [-0.1, -0.05) is 0 Å². The van der Waals surface area contributed by atoms with Crippen LogP contribution in [-0.4, -0.2) is 83.4 Å². The third-order valence-electron chi connectivity index (χ3n) is 7.62. The molecule has 6 rings (SSSR count). The molecule has 3 N–H and O–H groups in total. The van der Waals surface area contributed by atoms with E-state index in [9.17, 15) is 13.5 Å². The van der Waals surface area contributed by atoms with E-state index in [2.05, 4.69) is 29.8 Å². The molecule has 3 fully saturated rings. The van der Waals surface area contributed by atoms with Gasteiger partial charge in [0.15, 0.2) is 0 Å². The Balaban J connectivity index is 1.32. The summed E-state index contributed by atoms with van der Waals surface area (Å²) in [5.74, 6) is 0.693. The summed E-state index contributed by atoms with van der Waals surface area (Å²) in [5, 5.41) is 27.3. The normalized spacial score (nSPS) is 19.0. The minimum atomic E-state index is -3.67. The topological polar surface area (TPSA) is 158 Å². The molecule has 1 saturated carbocycles. The van der Waals surface area contributed by atoms with Gasteiger partial charge >= 0.3 is 0 Å². The Morgan fingerprint density at radius 3 is 2.47 bits per heavy atom. The molecule has 0 unspecified atom stereocenters. The third-order valence-corrected chi connectivity index (χ3v) is 8.88. The van der Waals surface area contributed by atoms with E-state index in [-0.39, 0.29) is 17.7 Å². The molecule has 4 heterocycles. The minimum absolute atomic E-state index is 0.252. The largest absolute Gasteiger partial charge is 0.415 e. The second-order valence-electron chi connectivity index (χ2n) is 10.5. The molecule has 2 saturated heterocycles. The standard InChI is InChI=1S/C25H31N7O5S/c1-16-12-20(27-24(26-16)32-14-18(34)15-32)23-29-28-22(37-23)19-3-2-17(30-38(35,36)11-10-33)13-21(19)31-8-6-25(4-5-25)7-9-31/h2-3,12-13,18,30,33-34H,4-11,14-15H2,1H3. The van der Waals surface area contributed by atoms with Crippen LogP contribution in [0.5, 0.6) is 0 Å². The van der Waals surface area contributed by atoms with E-state index >= 15 is 0 Å². The molecule has 1 aliphatic carbocycles. The Bertz CT molecular complexity index is 1440. The lowest BCUT2D eigenvalue weighted by Gasteiger charge is -2.35. The zero-order valence-electron chi connectivity index (χ0n) is 21.2. The lowest BCUT2D eigenvalue weighted by Crippen LogP contribution is -2.51. The average Bonchev–Trinajstić information content (AvgIpc) is 3.42. The number of aryl methyl sites for hydroxylation is 1. The average molecular weight is 542 g/mol. The van der Waals surface area contributed by atoms with Crippen LogP contribution in [0.4, 0.5) is 17.3 Å². The second-order valence-corrected chi connectivity index (χ2v) is 12.4. The van der Waals surface area contributed by atoms with Gasteiger partial charge in [-0.3, -0.25) is 4.72 Å². The van der Waals surface area contributed by atoms with Crippen molar-refractivity contribution in [2.45, 2.75) is 38.7 Å². The molecular weight excluding hydrogens is 510 g/mol. The van der Waals surface area contributed by atoms with E-state index in [4.69, 9.17) is 9.52 Å². The van der Waals surface area contributed by atoms with E-state index in [1.54, 1.807) is 24.3 Å². The van der Waals surface area contributed by atoms with Crippen LogP contribution < -0.4 is 14.5 Å². The molecule has 13 heteroatoms. The molecule has 202 valence electrons. The number of rotatable bonds is 8. The fourth-order valence-electron chi connectivity index (χ4n) is 5.15. The number of hydrogen-bond acceptors (Lipinski definition) is 11. The summed E-state index contributed by atoms with van der Waals surface area (Å²) in [5.41, 5.74) is 3.65. The van der Waals surface area contributed by atoms with Gasteiger partial charge in [0.25, 0.3) is 5.89 Å². The Hall–Kier alpha value is -3.29. The summed E-state index contributed by atoms with van der Waals surface area (Å²) < 4.78 is 33.2. The third kappa shape index (κ3) is 5.05. The molecule has 2 aliphatic heterocycles. The number of β-amino-alcohol motifs (C(OH)–C–C–N with tert-alkyl or cyclic N) is 1. The van der Waals surface area contributed by atoms with E-state index < -0.39 is 16.6 Å². The molecule has 3 aliphatic rings. The maximum Gasteiger partial charge on any atom is 0.266 e. The quantitative estimate of drug-likeness (QED) is 0.382. The van der Waals surface area contributed by atoms with Gasteiger partial charge in [-0.2, -0.15) is 0 Å². The first kappa shape index (κ1) is 25.0. The van der Waals surface area contributed by atoms with Crippen molar-refractivity contribution in [3.63, 3.8) is 0 Å². The van der Waals surface area contributed by atoms with Gasteiger partial charge in [0.2, 0.25) is 21.9 Å². The summed E-state index contributed by atoms with van der Waals surface area (Å²) in [6, 6.07) is 7.01. The summed E-state index contributed by atoms with van der Waals surface area (Å²) in [4.78, 5) is 13.2. The van der Waals surface area contributed by atoms with Gasteiger partial charge in [-0.05, 0) is 62.3 Å². The molecular formula is C25H31N7O5S. The Kier molecular flexibility index (Phi) is 6.23. The maximum absolute atomic E-state index is 12.3. The van der Waals surface area contributed by atoms with E-state index in [1.165, 1.54) is 12.8 Å². The first-order chi connectivity index (χ1) is 18.2. The molecule has 12 nitrogen and oxygen atoms in total. The molecule has 0 amide bonds. The number of benzene rings is 1. The highest BCUT2D eigenvalue weighted by Crippen LogP contribution is 2.54. The van der Waals surface area contributed by atoms with Crippen LogP contribution in [0.25, 0.3) is 23.0 Å². The Morgan fingerprint density at radius 1 is 1.05 bits per heavy atom. The maximum atomic E-state index is 12.3. The van der Waals surface area contributed by atoms with E-state index in [0.29, 0.717) is 47.3 Å². The fourth-order valence-corrected chi connectivity index (χ4v) is 5.97. The second kappa shape index (κ2) is 9.47. The first-order valence-electron chi connectivity index (χ1n) is 12.9. The molecule has 0 radical (unpaired) electrons. The van der Waals surface area contributed by atoms with Gasteiger partial charge in [0.1, 0.15) is 5.69 Å². The number of aliphatic hydroxyl groups excluding tert-OH is 2. The van der Waals surface area contributed by atoms with Crippen LogP contribution in [0, 0.1) is 12.3 Å². The molecule has 0 bridgehead atoms. The van der Waals surface area contributed by atoms with Crippen molar-refractivity contribution < 1.29 is 23.0 Å². The number of sulfonamides is 1. The summed E-state index contributed by atoms with van der Waals surface area (Å²) in [6.45, 7) is 4.08. The van der Waals surface area contributed by atoms with Gasteiger partial charge in [-0.15, -0.1) is 10.2 Å². The fraction of sp³-hybridized carbons (Fsp3) is 0.520. The van der Waals surface area contributed by atoms with Crippen molar-refractivity contribution in [2.24, 2.45) is 5.41 Å². The number of aromatic nitrogens is 4. The highest BCUT2D eigenvalue weighted by Gasteiger charge is 2.44. The van der Waals surface area contributed by atoms with Crippen molar-refractivity contribution >= 4 is 27.3 Å². The van der Waals surface area contributed by atoms with E-state index in [1.807, 2.05) is 11.8 Å². The van der Waals surface area contributed by atoms with Crippen LogP contribution in [0.1, 0.15) is 31.4 Å². The number of piperidine rings is 1. The highest BCUT2D eigenvalue weighted by atomic mass is 32.2. The van der Waals surface area contributed by atoms with Gasteiger partial charge in [0.05, 0.1) is 35.4 Å².